The van der Waals surface area contributed by atoms with Gasteiger partial charge in [-0.15, -0.1) is 0 Å². The Morgan fingerprint density at radius 1 is 1.50 bits per heavy atom. The summed E-state index contributed by atoms with van der Waals surface area (Å²) in [5.74, 6) is 0. The SMILES string of the molecule is CC(O)CN(C)C(=O)NCC1(c2ccccc2Cl)CC1. The summed E-state index contributed by atoms with van der Waals surface area (Å²) in [5.41, 5.74) is 1.10. The number of rotatable bonds is 5. The second-order valence-corrected chi connectivity index (χ2v) is 6.06. The van der Waals surface area contributed by atoms with E-state index in [2.05, 4.69) is 5.32 Å². The Morgan fingerprint density at radius 2 is 2.15 bits per heavy atom. The average molecular weight is 297 g/mol. The normalized spacial score (nSPS) is 17.4. The number of hydrogen-bond acceptors (Lipinski definition) is 2. The van der Waals surface area contributed by atoms with Crippen molar-refractivity contribution >= 4 is 17.6 Å². The molecule has 0 heterocycles. The Morgan fingerprint density at radius 3 is 2.70 bits per heavy atom. The summed E-state index contributed by atoms with van der Waals surface area (Å²) in [6.45, 7) is 2.57. The van der Waals surface area contributed by atoms with Gasteiger partial charge in [-0.2, -0.15) is 0 Å². The van der Waals surface area contributed by atoms with Crippen LogP contribution in [-0.4, -0.2) is 42.3 Å². The van der Waals surface area contributed by atoms with E-state index >= 15 is 0 Å². The van der Waals surface area contributed by atoms with Crippen LogP contribution < -0.4 is 5.32 Å². The van der Waals surface area contributed by atoms with Crippen LogP contribution in [0.3, 0.4) is 0 Å². The number of nitrogens with one attached hydrogen (secondary N) is 1. The number of aliphatic hydroxyl groups excluding tert-OH is 1. The number of halogens is 1. The van der Waals surface area contributed by atoms with Crippen molar-refractivity contribution in [3.8, 4) is 0 Å². The second kappa shape index (κ2) is 6.02. The lowest BCUT2D eigenvalue weighted by molar-refractivity contribution is 0.143. The van der Waals surface area contributed by atoms with Crippen molar-refractivity contribution in [2.24, 2.45) is 0 Å². The van der Waals surface area contributed by atoms with Crippen molar-refractivity contribution < 1.29 is 9.90 Å². The second-order valence-electron chi connectivity index (χ2n) is 5.65. The molecule has 1 aliphatic rings. The van der Waals surface area contributed by atoms with Gasteiger partial charge in [0, 0.05) is 30.6 Å². The molecule has 5 heteroatoms. The molecule has 110 valence electrons. The van der Waals surface area contributed by atoms with Gasteiger partial charge in [0.1, 0.15) is 0 Å². The molecule has 1 fully saturated rings. The molecule has 2 N–H and O–H groups in total. The van der Waals surface area contributed by atoms with Gasteiger partial charge < -0.3 is 15.3 Å². The van der Waals surface area contributed by atoms with Crippen LogP contribution in [0.4, 0.5) is 4.79 Å². The maximum absolute atomic E-state index is 11.9. The van der Waals surface area contributed by atoms with Crippen LogP contribution in [-0.2, 0) is 5.41 Å². The van der Waals surface area contributed by atoms with Crippen molar-refractivity contribution in [1.82, 2.24) is 10.2 Å². The Hall–Kier alpha value is -1.26. The predicted molar refractivity (Wildman–Crippen MR) is 80.1 cm³/mol. The molecule has 0 saturated heterocycles. The van der Waals surface area contributed by atoms with Crippen LogP contribution >= 0.6 is 11.6 Å². The fourth-order valence-electron chi connectivity index (χ4n) is 2.44. The van der Waals surface area contributed by atoms with Crippen LogP contribution in [0.5, 0.6) is 0 Å². The first-order valence-corrected chi connectivity index (χ1v) is 7.24. The van der Waals surface area contributed by atoms with Crippen molar-refractivity contribution in [2.75, 3.05) is 20.1 Å². The number of urea groups is 1. The lowest BCUT2D eigenvalue weighted by Gasteiger charge is -2.22. The third-order valence-electron chi connectivity index (χ3n) is 3.76. The fraction of sp³-hybridized carbons (Fsp3) is 0.533. The van der Waals surface area contributed by atoms with Crippen LogP contribution in [0, 0.1) is 0 Å². The summed E-state index contributed by atoms with van der Waals surface area (Å²) in [4.78, 5) is 13.4. The van der Waals surface area contributed by atoms with Gasteiger partial charge in [0.05, 0.1) is 6.10 Å². The van der Waals surface area contributed by atoms with E-state index in [1.165, 1.54) is 4.90 Å². The highest BCUT2D eigenvalue weighted by molar-refractivity contribution is 6.31. The topological polar surface area (TPSA) is 52.6 Å². The van der Waals surface area contributed by atoms with E-state index in [-0.39, 0.29) is 11.4 Å². The molecule has 0 spiro atoms. The van der Waals surface area contributed by atoms with Gasteiger partial charge in [0.2, 0.25) is 0 Å². The Balaban J connectivity index is 1.94. The molecule has 1 unspecified atom stereocenters. The molecule has 1 aliphatic carbocycles. The van der Waals surface area contributed by atoms with Gasteiger partial charge in [-0.3, -0.25) is 0 Å². The fourth-order valence-corrected chi connectivity index (χ4v) is 2.78. The zero-order valence-electron chi connectivity index (χ0n) is 11.9. The molecule has 1 saturated carbocycles. The highest BCUT2D eigenvalue weighted by atomic mass is 35.5. The summed E-state index contributed by atoms with van der Waals surface area (Å²) in [6.07, 6.45) is 1.55. The van der Waals surface area contributed by atoms with E-state index in [1.54, 1.807) is 14.0 Å². The monoisotopic (exact) mass is 296 g/mol. The van der Waals surface area contributed by atoms with Crippen molar-refractivity contribution in [3.63, 3.8) is 0 Å². The van der Waals surface area contributed by atoms with Gasteiger partial charge in [-0.05, 0) is 31.4 Å². The van der Waals surface area contributed by atoms with Crippen LogP contribution in [0.25, 0.3) is 0 Å². The molecule has 0 bridgehead atoms. The summed E-state index contributed by atoms with van der Waals surface area (Å²) in [5, 5.41) is 13.0. The summed E-state index contributed by atoms with van der Waals surface area (Å²) in [7, 11) is 1.68. The number of carbonyl (C=O) groups excluding carboxylic acids is 1. The van der Waals surface area contributed by atoms with Gasteiger partial charge in [0.25, 0.3) is 0 Å². The van der Waals surface area contributed by atoms with Crippen molar-refractivity contribution in [1.29, 1.82) is 0 Å². The summed E-state index contributed by atoms with van der Waals surface area (Å²) in [6, 6.07) is 7.64. The Bertz CT molecular complexity index is 487. The minimum Gasteiger partial charge on any atom is -0.392 e. The van der Waals surface area contributed by atoms with E-state index in [1.807, 2.05) is 24.3 Å². The molecule has 1 aromatic carbocycles. The van der Waals surface area contributed by atoms with Crippen LogP contribution in [0.2, 0.25) is 5.02 Å². The quantitative estimate of drug-likeness (QED) is 0.876. The summed E-state index contributed by atoms with van der Waals surface area (Å²) >= 11 is 6.24. The third-order valence-corrected chi connectivity index (χ3v) is 4.09. The smallest absolute Gasteiger partial charge is 0.317 e. The van der Waals surface area contributed by atoms with Crippen molar-refractivity contribution in [3.05, 3.63) is 34.9 Å². The highest BCUT2D eigenvalue weighted by Gasteiger charge is 2.45. The number of carbonyl (C=O) groups is 1. The minimum absolute atomic E-state index is 0.0142. The number of benzene rings is 1. The van der Waals surface area contributed by atoms with E-state index < -0.39 is 6.10 Å². The molecular formula is C15H21ClN2O2. The van der Waals surface area contributed by atoms with Gasteiger partial charge >= 0.3 is 6.03 Å². The number of amides is 2. The molecule has 0 aromatic heterocycles. The van der Waals surface area contributed by atoms with Crippen molar-refractivity contribution in [2.45, 2.75) is 31.3 Å². The summed E-state index contributed by atoms with van der Waals surface area (Å²) < 4.78 is 0. The number of aliphatic hydroxyl groups is 1. The first-order valence-electron chi connectivity index (χ1n) is 6.87. The molecule has 2 rings (SSSR count). The van der Waals surface area contributed by atoms with Crippen LogP contribution in [0.1, 0.15) is 25.3 Å². The first kappa shape index (κ1) is 15.1. The average Bonchev–Trinajstić information content (AvgIpc) is 3.16. The maximum Gasteiger partial charge on any atom is 0.317 e. The molecule has 0 aliphatic heterocycles. The van der Waals surface area contributed by atoms with Crippen LogP contribution in [0.15, 0.2) is 24.3 Å². The van der Waals surface area contributed by atoms with E-state index in [4.69, 9.17) is 11.6 Å². The number of likely N-dealkylation sites (N-methyl/N-ethyl adjacent to an activating group) is 1. The Labute approximate surface area is 124 Å². The maximum atomic E-state index is 11.9. The third kappa shape index (κ3) is 3.44. The van der Waals surface area contributed by atoms with Gasteiger partial charge in [-0.1, -0.05) is 29.8 Å². The molecule has 0 radical (unpaired) electrons. The predicted octanol–water partition coefficient (Wildman–Crippen LogP) is 2.39. The highest BCUT2D eigenvalue weighted by Crippen LogP contribution is 2.49. The zero-order valence-corrected chi connectivity index (χ0v) is 12.7. The minimum atomic E-state index is -0.524. The lowest BCUT2D eigenvalue weighted by atomic mass is 9.96. The van der Waals surface area contributed by atoms with E-state index in [0.29, 0.717) is 13.1 Å². The molecule has 20 heavy (non-hydrogen) atoms. The largest absolute Gasteiger partial charge is 0.392 e. The molecule has 1 aromatic rings. The zero-order chi connectivity index (χ0) is 14.8. The van der Waals surface area contributed by atoms with Gasteiger partial charge in [-0.25, -0.2) is 4.79 Å². The number of nitrogens with zero attached hydrogens (tertiary/aromatic N) is 1. The standard InChI is InChI=1S/C15H21ClN2O2/c1-11(19)9-18(2)14(20)17-10-15(7-8-15)12-5-3-4-6-13(12)16/h3-6,11,19H,7-10H2,1-2H3,(H,17,20). The molecule has 1 atom stereocenters. The lowest BCUT2D eigenvalue weighted by Crippen LogP contribution is -2.43. The molecular weight excluding hydrogens is 276 g/mol. The molecule has 2 amide bonds. The van der Waals surface area contributed by atoms with E-state index in [0.717, 1.165) is 23.4 Å². The first-order chi connectivity index (χ1) is 9.44. The van der Waals surface area contributed by atoms with E-state index in [9.17, 15) is 9.90 Å². The number of hydrogen-bond donors (Lipinski definition) is 2. The Kier molecular flexibility index (Phi) is 4.55. The van der Waals surface area contributed by atoms with Gasteiger partial charge in [0.15, 0.2) is 0 Å². The molecule has 4 nitrogen and oxygen atoms in total.